The highest BCUT2D eigenvalue weighted by Gasteiger charge is 2.45. The van der Waals surface area contributed by atoms with Crippen molar-refractivity contribution in [2.75, 3.05) is 6.54 Å². The van der Waals surface area contributed by atoms with Crippen LogP contribution < -0.4 is 5.43 Å². The van der Waals surface area contributed by atoms with Crippen LogP contribution in [0, 0.1) is 0 Å². The van der Waals surface area contributed by atoms with Gasteiger partial charge in [-0.3, -0.25) is 10.2 Å². The number of allylic oxidation sites excluding steroid dienone is 1. The summed E-state index contributed by atoms with van der Waals surface area (Å²) in [5, 5.41) is 3.73. The van der Waals surface area contributed by atoms with Gasteiger partial charge in [-0.2, -0.15) is 0 Å². The summed E-state index contributed by atoms with van der Waals surface area (Å²) in [7, 11) is 0. The highest BCUT2D eigenvalue weighted by Crippen LogP contribution is 2.37. The minimum Gasteiger partial charge on any atom is -0.279 e. The minimum absolute atomic E-state index is 0.134. The van der Waals surface area contributed by atoms with Gasteiger partial charge in [0, 0.05) is 34.3 Å². The van der Waals surface area contributed by atoms with Crippen molar-refractivity contribution in [1.29, 1.82) is 0 Å². The molecule has 30 heavy (non-hydrogen) atoms. The van der Waals surface area contributed by atoms with Gasteiger partial charge in [0.25, 0.3) is 5.70 Å². The largest absolute Gasteiger partial charge is 0.331 e. The van der Waals surface area contributed by atoms with E-state index in [-0.39, 0.29) is 5.91 Å². The summed E-state index contributed by atoms with van der Waals surface area (Å²) in [6.45, 7) is 4.95. The maximum Gasteiger partial charge on any atom is 0.331 e. The maximum absolute atomic E-state index is 13.3. The van der Waals surface area contributed by atoms with Crippen molar-refractivity contribution < 1.29 is 9.37 Å². The van der Waals surface area contributed by atoms with Crippen LogP contribution in [0.1, 0.15) is 38.7 Å². The fraction of sp³-hybridized carbons (Fsp3) is 0.304. The van der Waals surface area contributed by atoms with Gasteiger partial charge in [0.05, 0.1) is 5.57 Å². The monoisotopic (exact) mass is 462 g/mol. The Balaban J connectivity index is 1.73. The summed E-state index contributed by atoms with van der Waals surface area (Å²) in [5.74, 6) is -0.134. The van der Waals surface area contributed by atoms with Gasteiger partial charge in [0.1, 0.15) is 5.02 Å². The van der Waals surface area contributed by atoms with Gasteiger partial charge >= 0.3 is 5.91 Å². The molecule has 2 heterocycles. The Bertz CT molecular complexity index is 1060. The van der Waals surface area contributed by atoms with Gasteiger partial charge in [-0.1, -0.05) is 41.2 Å². The van der Waals surface area contributed by atoms with Gasteiger partial charge in [-0.25, -0.2) is 5.01 Å². The predicted octanol–water partition coefficient (Wildman–Crippen LogP) is 5.97. The van der Waals surface area contributed by atoms with E-state index in [0.717, 1.165) is 36.2 Å². The van der Waals surface area contributed by atoms with Crippen LogP contribution >= 0.6 is 34.8 Å². The van der Waals surface area contributed by atoms with Gasteiger partial charge in [0.15, 0.2) is 0 Å². The Morgan fingerprint density at radius 2 is 1.77 bits per heavy atom. The van der Waals surface area contributed by atoms with E-state index in [4.69, 9.17) is 34.8 Å². The Hall–Kier alpha value is -1.85. The predicted molar refractivity (Wildman–Crippen MR) is 123 cm³/mol. The molecule has 4 rings (SSSR count). The van der Waals surface area contributed by atoms with Crippen LogP contribution in [-0.2, 0) is 4.79 Å². The second kappa shape index (κ2) is 8.72. The van der Waals surface area contributed by atoms with E-state index >= 15 is 0 Å². The number of hydrazine groups is 1. The average Bonchev–Trinajstić information content (AvgIpc) is 2.70. The van der Waals surface area contributed by atoms with E-state index in [1.807, 2.05) is 46.8 Å². The smallest absolute Gasteiger partial charge is 0.279 e. The Morgan fingerprint density at radius 1 is 1.07 bits per heavy atom. The number of carbonyl (C=O) groups excluding carboxylic acids is 1. The molecule has 2 aromatic rings. The number of amides is 1. The number of benzene rings is 2. The molecule has 7 heteroatoms. The summed E-state index contributed by atoms with van der Waals surface area (Å²) < 4.78 is 1.90. The van der Waals surface area contributed by atoms with E-state index in [0.29, 0.717) is 32.5 Å². The van der Waals surface area contributed by atoms with Crippen LogP contribution in [0.4, 0.5) is 5.69 Å². The number of piperidine rings is 1. The lowest BCUT2D eigenvalue weighted by Gasteiger charge is -2.33. The van der Waals surface area contributed by atoms with Crippen LogP contribution in [0.5, 0.6) is 0 Å². The lowest BCUT2D eigenvalue weighted by Crippen LogP contribution is -2.52. The Morgan fingerprint density at radius 3 is 2.43 bits per heavy atom. The number of halogens is 3. The molecule has 0 aliphatic carbocycles. The van der Waals surface area contributed by atoms with E-state index in [1.54, 1.807) is 12.1 Å². The molecule has 0 saturated carbocycles. The molecule has 1 atom stereocenters. The first-order chi connectivity index (χ1) is 14.4. The van der Waals surface area contributed by atoms with Crippen LogP contribution in [0.25, 0.3) is 0 Å². The summed E-state index contributed by atoms with van der Waals surface area (Å²) in [6.07, 6.45) is 3.35. The number of carbonyl (C=O) groups is 1. The third kappa shape index (κ3) is 4.02. The van der Waals surface area contributed by atoms with Crippen LogP contribution in [0.2, 0.25) is 15.1 Å². The van der Waals surface area contributed by atoms with E-state index < -0.39 is 0 Å². The zero-order valence-electron chi connectivity index (χ0n) is 16.9. The minimum atomic E-state index is -0.134. The molecule has 2 aliphatic rings. The molecule has 1 unspecified atom stereocenters. The van der Waals surface area contributed by atoms with Crippen molar-refractivity contribution in [1.82, 2.24) is 10.4 Å². The van der Waals surface area contributed by atoms with Crippen LogP contribution in [0.3, 0.4) is 0 Å². The summed E-state index contributed by atoms with van der Waals surface area (Å²) in [4.78, 5) is 13.3. The molecule has 1 saturated heterocycles. The van der Waals surface area contributed by atoms with Crippen molar-refractivity contribution in [2.45, 2.75) is 39.2 Å². The van der Waals surface area contributed by atoms with Crippen molar-refractivity contribution in [3.05, 3.63) is 74.4 Å². The van der Waals surface area contributed by atoms with Crippen molar-refractivity contribution >= 4 is 52.1 Å². The summed E-state index contributed by atoms with van der Waals surface area (Å²) in [6, 6.07) is 13.2. The molecule has 0 spiro atoms. The third-order valence-electron chi connectivity index (χ3n) is 5.69. The van der Waals surface area contributed by atoms with Gasteiger partial charge < -0.3 is 0 Å². The van der Waals surface area contributed by atoms with Gasteiger partial charge in [-0.05, 0) is 63.1 Å². The topological polar surface area (TPSA) is 35.4 Å². The first-order valence-corrected chi connectivity index (χ1v) is 11.2. The zero-order chi connectivity index (χ0) is 21.4. The van der Waals surface area contributed by atoms with Gasteiger partial charge in [0.2, 0.25) is 11.4 Å². The van der Waals surface area contributed by atoms with Crippen molar-refractivity contribution in [3.63, 3.8) is 0 Å². The van der Waals surface area contributed by atoms with Crippen molar-refractivity contribution in [2.24, 2.45) is 0 Å². The molecule has 1 amide bonds. The lowest BCUT2D eigenvalue weighted by atomic mass is 9.93. The second-order valence-corrected chi connectivity index (χ2v) is 9.02. The summed E-state index contributed by atoms with van der Waals surface area (Å²) >= 11 is 18.7. The fourth-order valence-electron chi connectivity index (χ4n) is 4.08. The molecule has 1 N–H and O–H groups in total. The fourth-order valence-corrected chi connectivity index (χ4v) is 4.70. The van der Waals surface area contributed by atoms with Crippen LogP contribution in [-0.4, -0.2) is 33.8 Å². The number of hydrogen-bond donors (Lipinski definition) is 1. The van der Waals surface area contributed by atoms with Gasteiger partial charge in [-0.15, -0.1) is 4.58 Å². The number of nitrogens with zero attached hydrogens (tertiary/aromatic N) is 2. The standard InChI is InChI=1S/C23H22Cl3N3O/c1-14-5-3-4-12-28(14)27-23(30)22-15(2)21(16-6-8-17(24)9-7-16)29(22)20-11-10-18(25)13-19(20)26/h6-11,13-14H,3-5,12H2,1-2H3/p+1. The van der Waals surface area contributed by atoms with E-state index in [2.05, 4.69) is 12.3 Å². The molecule has 0 radical (unpaired) electrons. The average molecular weight is 464 g/mol. The highest BCUT2D eigenvalue weighted by atomic mass is 35.5. The first-order valence-electron chi connectivity index (χ1n) is 10.0. The third-order valence-corrected chi connectivity index (χ3v) is 6.48. The van der Waals surface area contributed by atoms with E-state index in [9.17, 15) is 4.79 Å². The molecular weight excluding hydrogens is 441 g/mol. The number of rotatable bonds is 4. The normalized spacial score (nSPS) is 19.7. The Kier molecular flexibility index (Phi) is 6.21. The van der Waals surface area contributed by atoms with Crippen molar-refractivity contribution in [3.8, 4) is 0 Å². The SMILES string of the molecule is CC1=C(C(=O)NN2CCCCC2C)[N+](c2ccc(Cl)cc2Cl)=C1c1ccc(Cl)cc1. The Labute approximate surface area is 191 Å². The quantitative estimate of drug-likeness (QED) is 0.567. The summed E-state index contributed by atoms with van der Waals surface area (Å²) in [5.41, 5.74) is 7.20. The lowest BCUT2D eigenvalue weighted by molar-refractivity contribution is -0.392. The molecule has 0 aromatic heterocycles. The van der Waals surface area contributed by atoms with E-state index in [1.165, 1.54) is 6.42 Å². The zero-order valence-corrected chi connectivity index (χ0v) is 19.2. The first kappa shape index (κ1) is 21.4. The number of hydrogen-bond acceptors (Lipinski definition) is 2. The molecule has 0 bridgehead atoms. The molecule has 4 nitrogen and oxygen atoms in total. The van der Waals surface area contributed by atoms with Crippen LogP contribution in [0.15, 0.2) is 53.7 Å². The maximum atomic E-state index is 13.3. The molecular formula is C23H23Cl3N3O+. The molecule has 156 valence electrons. The molecule has 2 aromatic carbocycles. The number of nitrogens with one attached hydrogen (secondary N) is 1. The molecule has 2 aliphatic heterocycles. The highest BCUT2D eigenvalue weighted by molar-refractivity contribution is 6.36. The second-order valence-electron chi connectivity index (χ2n) is 7.74. The molecule has 1 fully saturated rings.